The molecule has 0 saturated carbocycles. The predicted molar refractivity (Wildman–Crippen MR) is 72.9 cm³/mol. The first-order valence-electron chi connectivity index (χ1n) is 6.29. The molecule has 1 atom stereocenters. The quantitative estimate of drug-likeness (QED) is 0.781. The van der Waals surface area contributed by atoms with Gasteiger partial charge in [-0.2, -0.15) is 0 Å². The van der Waals surface area contributed by atoms with E-state index in [2.05, 4.69) is 5.32 Å². The maximum Gasteiger partial charge on any atom is 0.325 e. The zero-order valence-electron chi connectivity index (χ0n) is 10.9. The van der Waals surface area contributed by atoms with E-state index in [0.29, 0.717) is 17.7 Å². The molecule has 3 rings (SSSR count). The molecule has 1 aromatic rings. The van der Waals surface area contributed by atoms with E-state index in [1.54, 1.807) is 6.07 Å². The topological polar surface area (TPSA) is 92.5 Å². The average Bonchev–Trinajstić information content (AvgIpc) is 2.65. The lowest BCUT2D eigenvalue weighted by Crippen LogP contribution is -2.47. The summed E-state index contributed by atoms with van der Waals surface area (Å²) in [5, 5.41) is 2.61. The highest BCUT2D eigenvalue weighted by Gasteiger charge is 2.54. The Kier molecular flexibility index (Phi) is 3.12. The van der Waals surface area contributed by atoms with E-state index in [-0.39, 0.29) is 0 Å². The number of fused-ring (bicyclic) bond motifs is 2. The van der Waals surface area contributed by atoms with Crippen LogP contribution in [0.25, 0.3) is 0 Å². The van der Waals surface area contributed by atoms with Crippen LogP contribution >= 0.6 is 11.8 Å². The van der Waals surface area contributed by atoms with Gasteiger partial charge in [0.1, 0.15) is 17.9 Å². The van der Waals surface area contributed by atoms with E-state index < -0.39 is 35.7 Å². The first-order chi connectivity index (χ1) is 9.94. The largest absolute Gasteiger partial charge is 0.368 e. The fourth-order valence-corrected chi connectivity index (χ4v) is 3.87. The smallest absolute Gasteiger partial charge is 0.325 e. The van der Waals surface area contributed by atoms with Crippen molar-refractivity contribution in [1.82, 2.24) is 10.2 Å². The molecule has 110 valence electrons. The van der Waals surface area contributed by atoms with Crippen LogP contribution in [-0.2, 0) is 15.1 Å². The zero-order chi connectivity index (χ0) is 15.2. The number of carbonyl (C=O) groups is 3. The molecule has 1 fully saturated rings. The summed E-state index contributed by atoms with van der Waals surface area (Å²) < 4.78 is 13.5. The van der Waals surface area contributed by atoms with Crippen LogP contribution in [0.3, 0.4) is 0 Å². The summed E-state index contributed by atoms with van der Waals surface area (Å²) in [6.07, 6.45) is 0.341. The summed E-state index contributed by atoms with van der Waals surface area (Å²) in [5.41, 5.74) is 4.19. The Labute approximate surface area is 123 Å². The zero-order valence-corrected chi connectivity index (χ0v) is 11.7. The average molecular weight is 309 g/mol. The molecule has 0 radical (unpaired) electrons. The number of primary amides is 1. The second-order valence-electron chi connectivity index (χ2n) is 4.93. The van der Waals surface area contributed by atoms with Crippen molar-refractivity contribution in [1.29, 1.82) is 0 Å². The number of thioether (sulfide) groups is 1. The number of nitrogens with one attached hydrogen (secondary N) is 1. The van der Waals surface area contributed by atoms with E-state index >= 15 is 0 Å². The maximum absolute atomic E-state index is 13.5. The summed E-state index contributed by atoms with van der Waals surface area (Å²) in [4.78, 5) is 37.1. The molecular formula is C13H12FN3O3S. The first-order valence-corrected chi connectivity index (χ1v) is 7.28. The highest BCUT2D eigenvalue weighted by atomic mass is 32.2. The Morgan fingerprint density at radius 3 is 2.95 bits per heavy atom. The second kappa shape index (κ2) is 4.73. The van der Waals surface area contributed by atoms with Gasteiger partial charge in [0.15, 0.2) is 0 Å². The Hall–Kier alpha value is -2.09. The Bertz CT molecular complexity index is 666. The number of hydrogen-bond acceptors (Lipinski definition) is 4. The van der Waals surface area contributed by atoms with Crippen LogP contribution in [0.15, 0.2) is 23.1 Å². The van der Waals surface area contributed by atoms with E-state index in [1.807, 2.05) is 0 Å². The SMILES string of the molecule is NC(=O)CN1C(=O)N[C@]2(CCSc3ccc(F)cc32)C1=O. The van der Waals surface area contributed by atoms with Gasteiger partial charge in [-0.1, -0.05) is 0 Å². The molecule has 21 heavy (non-hydrogen) atoms. The summed E-state index contributed by atoms with van der Waals surface area (Å²) in [7, 11) is 0. The van der Waals surface area contributed by atoms with Crippen molar-refractivity contribution in [3.63, 3.8) is 0 Å². The van der Waals surface area contributed by atoms with Crippen LogP contribution in [-0.4, -0.2) is 35.0 Å². The summed E-state index contributed by atoms with van der Waals surface area (Å²) in [5.74, 6) is -1.21. The highest BCUT2D eigenvalue weighted by Crippen LogP contribution is 2.43. The van der Waals surface area contributed by atoms with Gasteiger partial charge < -0.3 is 11.1 Å². The van der Waals surface area contributed by atoms with Crippen molar-refractivity contribution < 1.29 is 18.8 Å². The summed E-state index contributed by atoms with van der Waals surface area (Å²) in [6.45, 7) is -0.482. The Balaban J connectivity index is 2.08. The fraction of sp³-hybridized carbons (Fsp3) is 0.308. The number of urea groups is 1. The lowest BCUT2D eigenvalue weighted by molar-refractivity contribution is -0.134. The van der Waals surface area contributed by atoms with Gasteiger partial charge >= 0.3 is 6.03 Å². The van der Waals surface area contributed by atoms with E-state index in [9.17, 15) is 18.8 Å². The van der Waals surface area contributed by atoms with Gasteiger partial charge in [-0.15, -0.1) is 11.8 Å². The molecule has 8 heteroatoms. The third kappa shape index (κ3) is 2.06. The molecule has 1 aromatic carbocycles. The van der Waals surface area contributed by atoms with E-state index in [4.69, 9.17) is 5.73 Å². The van der Waals surface area contributed by atoms with E-state index in [0.717, 1.165) is 9.80 Å². The van der Waals surface area contributed by atoms with Crippen molar-refractivity contribution in [3.8, 4) is 0 Å². The standard InChI is InChI=1S/C13H12FN3O3S/c14-7-1-2-9-8(5-7)13(3-4-21-9)11(19)17(6-10(15)18)12(20)16-13/h1-2,5H,3-4,6H2,(H2,15,18)(H,16,20)/t13-/m0/s1. The molecular weight excluding hydrogens is 297 g/mol. The van der Waals surface area contributed by atoms with Gasteiger partial charge in [0.25, 0.3) is 5.91 Å². The predicted octanol–water partition coefficient (Wildman–Crippen LogP) is 0.554. The minimum Gasteiger partial charge on any atom is -0.368 e. The monoisotopic (exact) mass is 309 g/mol. The number of rotatable bonds is 2. The minimum absolute atomic E-state index is 0.341. The molecule has 1 spiro atoms. The molecule has 0 aromatic heterocycles. The van der Waals surface area contributed by atoms with Crippen molar-refractivity contribution in [2.75, 3.05) is 12.3 Å². The van der Waals surface area contributed by atoms with Crippen molar-refractivity contribution in [3.05, 3.63) is 29.6 Å². The number of amides is 4. The molecule has 2 aliphatic rings. The number of halogens is 1. The highest BCUT2D eigenvalue weighted by molar-refractivity contribution is 7.99. The number of carbonyl (C=O) groups excluding carboxylic acids is 3. The Morgan fingerprint density at radius 1 is 1.48 bits per heavy atom. The van der Waals surface area contributed by atoms with Crippen LogP contribution in [0.5, 0.6) is 0 Å². The van der Waals surface area contributed by atoms with Gasteiger partial charge in [-0.05, 0) is 24.6 Å². The van der Waals surface area contributed by atoms with Crippen LogP contribution in [0, 0.1) is 5.82 Å². The third-order valence-corrected chi connectivity index (χ3v) is 4.70. The molecule has 4 amide bonds. The van der Waals surface area contributed by atoms with Crippen molar-refractivity contribution in [2.45, 2.75) is 16.9 Å². The number of nitrogens with zero attached hydrogens (tertiary/aromatic N) is 1. The molecule has 0 bridgehead atoms. The van der Waals surface area contributed by atoms with Crippen LogP contribution in [0.1, 0.15) is 12.0 Å². The first kappa shape index (κ1) is 13.9. The van der Waals surface area contributed by atoms with Crippen LogP contribution in [0.2, 0.25) is 0 Å². The van der Waals surface area contributed by atoms with Gasteiger partial charge in [0.05, 0.1) is 0 Å². The fourth-order valence-electron chi connectivity index (χ4n) is 2.69. The normalized spacial score (nSPS) is 24.1. The second-order valence-corrected chi connectivity index (χ2v) is 6.07. The number of imide groups is 1. The number of benzene rings is 1. The van der Waals surface area contributed by atoms with Gasteiger partial charge in [0.2, 0.25) is 5.91 Å². The lowest BCUT2D eigenvalue weighted by Gasteiger charge is -2.32. The molecule has 0 aliphatic carbocycles. The van der Waals surface area contributed by atoms with Crippen LogP contribution < -0.4 is 11.1 Å². The van der Waals surface area contributed by atoms with Crippen molar-refractivity contribution >= 4 is 29.6 Å². The molecule has 1 saturated heterocycles. The number of hydrogen-bond donors (Lipinski definition) is 2. The van der Waals surface area contributed by atoms with Gasteiger partial charge in [0, 0.05) is 16.2 Å². The maximum atomic E-state index is 13.5. The molecule has 0 unspecified atom stereocenters. The van der Waals surface area contributed by atoms with Crippen LogP contribution in [0.4, 0.5) is 9.18 Å². The molecule has 2 aliphatic heterocycles. The molecule has 2 heterocycles. The summed E-state index contributed by atoms with van der Waals surface area (Å²) >= 11 is 1.50. The lowest BCUT2D eigenvalue weighted by atomic mass is 9.86. The van der Waals surface area contributed by atoms with Crippen molar-refractivity contribution in [2.24, 2.45) is 5.73 Å². The molecule has 3 N–H and O–H groups in total. The van der Waals surface area contributed by atoms with E-state index in [1.165, 1.54) is 23.9 Å². The Morgan fingerprint density at radius 2 is 2.24 bits per heavy atom. The third-order valence-electron chi connectivity index (χ3n) is 3.63. The molecule has 6 nitrogen and oxygen atoms in total. The summed E-state index contributed by atoms with van der Waals surface area (Å²) in [6, 6.07) is 3.48. The van der Waals surface area contributed by atoms with Gasteiger partial charge in [-0.25, -0.2) is 9.18 Å². The number of nitrogens with two attached hydrogens (primary N) is 1. The van der Waals surface area contributed by atoms with Gasteiger partial charge in [-0.3, -0.25) is 14.5 Å². The minimum atomic E-state index is -1.30.